The van der Waals surface area contributed by atoms with Gasteiger partial charge in [0.1, 0.15) is 0 Å². The molecule has 3 aliphatic carbocycles. The summed E-state index contributed by atoms with van der Waals surface area (Å²) in [7, 11) is 0. The Morgan fingerprint density at radius 1 is 0.667 bits per heavy atom. The van der Waals surface area contributed by atoms with Crippen molar-refractivity contribution in [1.29, 1.82) is 0 Å². The molecule has 1 heteroatoms. The average Bonchev–Trinajstić information content (AvgIpc) is 2.46. The summed E-state index contributed by atoms with van der Waals surface area (Å²) in [4.78, 5) is 0. The van der Waals surface area contributed by atoms with Gasteiger partial charge in [-0.2, -0.15) is 0 Å². The van der Waals surface area contributed by atoms with E-state index in [4.69, 9.17) is 0 Å². The third-order valence-electron chi connectivity index (χ3n) is 5.95. The molecule has 1 nitrogen and oxygen atoms in total. The zero-order valence-corrected chi connectivity index (χ0v) is 12.0. The van der Waals surface area contributed by atoms with Crippen molar-refractivity contribution in [1.82, 2.24) is 5.32 Å². The Morgan fingerprint density at radius 3 is 2.22 bits per heavy atom. The van der Waals surface area contributed by atoms with E-state index >= 15 is 0 Å². The zero-order chi connectivity index (χ0) is 12.2. The molecule has 18 heavy (non-hydrogen) atoms. The minimum absolute atomic E-state index is 0.864. The van der Waals surface area contributed by atoms with Crippen molar-refractivity contribution in [3.05, 3.63) is 0 Å². The summed E-state index contributed by atoms with van der Waals surface area (Å²) in [6, 6.07) is 0.864. The third kappa shape index (κ3) is 3.29. The Morgan fingerprint density at radius 2 is 1.39 bits per heavy atom. The van der Waals surface area contributed by atoms with Crippen molar-refractivity contribution >= 4 is 0 Å². The fraction of sp³-hybridized carbons (Fsp3) is 1.00. The summed E-state index contributed by atoms with van der Waals surface area (Å²) >= 11 is 0. The van der Waals surface area contributed by atoms with E-state index in [2.05, 4.69) is 5.32 Å². The number of rotatable bonds is 3. The summed E-state index contributed by atoms with van der Waals surface area (Å²) < 4.78 is 0. The van der Waals surface area contributed by atoms with Gasteiger partial charge >= 0.3 is 0 Å². The van der Waals surface area contributed by atoms with Crippen molar-refractivity contribution in [2.45, 2.75) is 83.1 Å². The predicted molar refractivity (Wildman–Crippen MR) is 77.7 cm³/mol. The highest BCUT2D eigenvalue weighted by atomic mass is 14.9. The van der Waals surface area contributed by atoms with Gasteiger partial charge in [-0.25, -0.2) is 0 Å². The summed E-state index contributed by atoms with van der Waals surface area (Å²) in [5.41, 5.74) is 0. The average molecular weight is 249 g/mol. The molecule has 3 atom stereocenters. The van der Waals surface area contributed by atoms with Crippen LogP contribution >= 0.6 is 0 Å². The molecule has 0 spiro atoms. The van der Waals surface area contributed by atoms with Gasteiger partial charge in [-0.05, 0) is 56.4 Å². The first kappa shape index (κ1) is 13.0. The molecule has 0 heterocycles. The Balaban J connectivity index is 1.40. The lowest BCUT2D eigenvalue weighted by Gasteiger charge is -2.40. The van der Waals surface area contributed by atoms with Crippen LogP contribution in [0.3, 0.4) is 0 Å². The molecular weight excluding hydrogens is 218 g/mol. The van der Waals surface area contributed by atoms with Crippen LogP contribution < -0.4 is 5.32 Å². The highest BCUT2D eigenvalue weighted by Gasteiger charge is 2.32. The molecule has 104 valence electrons. The molecule has 0 aromatic rings. The van der Waals surface area contributed by atoms with Gasteiger partial charge in [0.25, 0.3) is 0 Å². The van der Waals surface area contributed by atoms with Gasteiger partial charge in [0.2, 0.25) is 0 Å². The Labute approximate surface area is 113 Å². The quantitative estimate of drug-likeness (QED) is 0.775. The molecule has 3 unspecified atom stereocenters. The van der Waals surface area contributed by atoms with Gasteiger partial charge < -0.3 is 5.32 Å². The molecule has 0 radical (unpaired) electrons. The van der Waals surface area contributed by atoms with E-state index in [1.807, 2.05) is 0 Å². The van der Waals surface area contributed by atoms with Crippen molar-refractivity contribution in [3.63, 3.8) is 0 Å². The number of hydrogen-bond acceptors (Lipinski definition) is 1. The SMILES string of the molecule is C1CCC(NCC2CCC3CCCCC3C2)CC1. The lowest BCUT2D eigenvalue weighted by molar-refractivity contribution is 0.126. The van der Waals surface area contributed by atoms with Crippen LogP contribution in [0.15, 0.2) is 0 Å². The molecule has 3 fully saturated rings. The molecule has 0 aromatic heterocycles. The fourth-order valence-electron chi connectivity index (χ4n) is 4.80. The first-order chi connectivity index (χ1) is 8.92. The molecule has 1 N–H and O–H groups in total. The lowest BCUT2D eigenvalue weighted by Crippen LogP contribution is -2.38. The Kier molecular flexibility index (Phi) is 4.62. The summed E-state index contributed by atoms with van der Waals surface area (Å²) in [6.45, 7) is 1.33. The van der Waals surface area contributed by atoms with Crippen molar-refractivity contribution in [2.75, 3.05) is 6.54 Å². The molecule has 0 aromatic carbocycles. The molecule has 0 aliphatic heterocycles. The summed E-state index contributed by atoms with van der Waals surface area (Å²) in [5, 5.41) is 3.89. The topological polar surface area (TPSA) is 12.0 Å². The first-order valence-corrected chi connectivity index (χ1v) is 8.65. The van der Waals surface area contributed by atoms with Crippen LogP contribution in [-0.2, 0) is 0 Å². The first-order valence-electron chi connectivity index (χ1n) is 8.65. The van der Waals surface area contributed by atoms with Crippen LogP contribution in [0.2, 0.25) is 0 Å². The minimum Gasteiger partial charge on any atom is -0.314 e. The van der Waals surface area contributed by atoms with Gasteiger partial charge in [0, 0.05) is 6.04 Å². The van der Waals surface area contributed by atoms with E-state index in [1.165, 1.54) is 57.9 Å². The van der Waals surface area contributed by atoms with Crippen LogP contribution in [0, 0.1) is 17.8 Å². The van der Waals surface area contributed by atoms with E-state index in [0.717, 1.165) is 23.8 Å². The predicted octanol–water partition coefficient (Wildman–Crippen LogP) is 4.52. The standard InChI is InChI=1S/C17H31N/c1-2-8-17(9-3-1)18-13-14-10-11-15-6-4-5-7-16(15)12-14/h14-18H,1-13H2. The maximum Gasteiger partial charge on any atom is 0.00671 e. The van der Waals surface area contributed by atoms with E-state index in [0.29, 0.717) is 0 Å². The van der Waals surface area contributed by atoms with Crippen LogP contribution in [0.5, 0.6) is 0 Å². The van der Waals surface area contributed by atoms with Crippen LogP contribution in [0.4, 0.5) is 0 Å². The second-order valence-corrected chi connectivity index (χ2v) is 7.23. The minimum atomic E-state index is 0.864. The van der Waals surface area contributed by atoms with Crippen molar-refractivity contribution in [3.8, 4) is 0 Å². The molecule has 3 saturated carbocycles. The van der Waals surface area contributed by atoms with E-state index in [9.17, 15) is 0 Å². The van der Waals surface area contributed by atoms with E-state index < -0.39 is 0 Å². The monoisotopic (exact) mass is 249 g/mol. The lowest BCUT2D eigenvalue weighted by atomic mass is 9.67. The highest BCUT2D eigenvalue weighted by molar-refractivity contribution is 4.84. The molecule has 3 rings (SSSR count). The van der Waals surface area contributed by atoms with Gasteiger partial charge in [0.05, 0.1) is 0 Å². The second-order valence-electron chi connectivity index (χ2n) is 7.23. The third-order valence-corrected chi connectivity index (χ3v) is 5.95. The van der Waals surface area contributed by atoms with Crippen molar-refractivity contribution in [2.24, 2.45) is 17.8 Å². The smallest absolute Gasteiger partial charge is 0.00671 e. The molecular formula is C17H31N. The van der Waals surface area contributed by atoms with E-state index in [-0.39, 0.29) is 0 Å². The van der Waals surface area contributed by atoms with Gasteiger partial charge in [-0.1, -0.05) is 44.9 Å². The fourth-order valence-corrected chi connectivity index (χ4v) is 4.80. The maximum atomic E-state index is 3.89. The van der Waals surface area contributed by atoms with Crippen LogP contribution in [-0.4, -0.2) is 12.6 Å². The van der Waals surface area contributed by atoms with Crippen LogP contribution in [0.1, 0.15) is 77.0 Å². The highest BCUT2D eigenvalue weighted by Crippen LogP contribution is 2.42. The summed E-state index contributed by atoms with van der Waals surface area (Å²) in [6.07, 6.45) is 18.0. The Hall–Kier alpha value is -0.0400. The van der Waals surface area contributed by atoms with Gasteiger partial charge in [-0.15, -0.1) is 0 Å². The normalized spacial score (nSPS) is 38.3. The molecule has 3 aliphatic rings. The van der Waals surface area contributed by atoms with Crippen molar-refractivity contribution < 1.29 is 0 Å². The Bertz CT molecular complexity index is 244. The second kappa shape index (κ2) is 6.41. The summed E-state index contributed by atoms with van der Waals surface area (Å²) in [5.74, 6) is 3.22. The number of hydrogen-bond donors (Lipinski definition) is 1. The maximum absolute atomic E-state index is 3.89. The van der Waals surface area contributed by atoms with E-state index in [1.54, 1.807) is 25.7 Å². The largest absolute Gasteiger partial charge is 0.314 e. The molecule has 0 amide bonds. The zero-order valence-electron chi connectivity index (χ0n) is 12.0. The number of nitrogens with one attached hydrogen (secondary N) is 1. The molecule has 0 bridgehead atoms. The van der Waals surface area contributed by atoms with Crippen LogP contribution in [0.25, 0.3) is 0 Å². The van der Waals surface area contributed by atoms with Gasteiger partial charge in [0.15, 0.2) is 0 Å². The molecule has 0 saturated heterocycles. The number of fused-ring (bicyclic) bond motifs is 1. The van der Waals surface area contributed by atoms with Gasteiger partial charge in [-0.3, -0.25) is 0 Å².